The van der Waals surface area contributed by atoms with E-state index < -0.39 is 0 Å². The number of nitrogens with zero attached hydrogens (tertiary/aromatic N) is 2. The van der Waals surface area contributed by atoms with Gasteiger partial charge in [-0.1, -0.05) is 0 Å². The van der Waals surface area contributed by atoms with Crippen LogP contribution in [0, 0.1) is 0 Å². The number of amides is 1. The number of ether oxygens (including phenoxy) is 1. The van der Waals surface area contributed by atoms with Crippen molar-refractivity contribution in [3.05, 3.63) is 0 Å². The molecule has 3 saturated heterocycles. The Hall–Kier alpha value is -0.610. The number of epoxide rings is 1. The standard InChI is InChI=1S/C13H22N2O2/c16-13(14-6-2-1-3-7-14)12-5-4-8-15(12)9-11-10-17-11/h11-12H,1-10H2/t11-,12+/m1/s1. The van der Waals surface area contributed by atoms with Gasteiger partial charge in [-0.25, -0.2) is 0 Å². The van der Waals surface area contributed by atoms with Crippen LogP contribution in [-0.4, -0.2) is 60.6 Å². The minimum atomic E-state index is 0.150. The fourth-order valence-electron chi connectivity index (χ4n) is 3.08. The van der Waals surface area contributed by atoms with Gasteiger partial charge in [0, 0.05) is 19.6 Å². The van der Waals surface area contributed by atoms with Gasteiger partial charge >= 0.3 is 0 Å². The molecular weight excluding hydrogens is 216 g/mol. The van der Waals surface area contributed by atoms with Crippen molar-refractivity contribution in [3.8, 4) is 0 Å². The second-order valence-corrected chi connectivity index (χ2v) is 5.49. The molecule has 17 heavy (non-hydrogen) atoms. The van der Waals surface area contributed by atoms with Gasteiger partial charge in [-0.3, -0.25) is 9.69 Å². The third-order valence-corrected chi connectivity index (χ3v) is 4.16. The van der Waals surface area contributed by atoms with E-state index in [9.17, 15) is 4.79 Å². The number of likely N-dealkylation sites (tertiary alicyclic amines) is 2. The summed E-state index contributed by atoms with van der Waals surface area (Å²) in [6, 6.07) is 0.150. The number of carbonyl (C=O) groups excluding carboxylic acids is 1. The number of hydrogen-bond donors (Lipinski definition) is 0. The Labute approximate surface area is 103 Å². The van der Waals surface area contributed by atoms with Gasteiger partial charge < -0.3 is 9.64 Å². The zero-order valence-corrected chi connectivity index (χ0v) is 10.4. The molecular formula is C13H22N2O2. The zero-order chi connectivity index (χ0) is 11.7. The molecule has 4 nitrogen and oxygen atoms in total. The Morgan fingerprint density at radius 3 is 2.59 bits per heavy atom. The zero-order valence-electron chi connectivity index (χ0n) is 10.4. The Bertz CT molecular complexity index is 285. The summed E-state index contributed by atoms with van der Waals surface area (Å²) in [6.07, 6.45) is 6.27. The molecule has 3 aliphatic rings. The first kappa shape index (κ1) is 11.5. The van der Waals surface area contributed by atoms with Gasteiger partial charge in [0.2, 0.25) is 5.91 Å². The second kappa shape index (κ2) is 4.94. The molecule has 0 aliphatic carbocycles. The summed E-state index contributed by atoms with van der Waals surface area (Å²) in [5, 5.41) is 0. The van der Waals surface area contributed by atoms with Gasteiger partial charge in [-0.15, -0.1) is 0 Å². The fourth-order valence-corrected chi connectivity index (χ4v) is 3.08. The van der Waals surface area contributed by atoms with Crippen molar-refractivity contribution in [1.82, 2.24) is 9.80 Å². The lowest BCUT2D eigenvalue weighted by Crippen LogP contribution is -2.48. The van der Waals surface area contributed by atoms with Gasteiger partial charge in [-0.2, -0.15) is 0 Å². The molecule has 0 bridgehead atoms. The van der Waals surface area contributed by atoms with E-state index in [1.807, 2.05) is 0 Å². The molecule has 3 rings (SSSR count). The molecule has 4 heteroatoms. The summed E-state index contributed by atoms with van der Waals surface area (Å²) < 4.78 is 5.28. The van der Waals surface area contributed by atoms with Crippen LogP contribution in [0.4, 0.5) is 0 Å². The van der Waals surface area contributed by atoms with E-state index in [0.717, 1.165) is 45.6 Å². The van der Waals surface area contributed by atoms with Gasteiger partial charge in [0.1, 0.15) is 0 Å². The van der Waals surface area contributed by atoms with E-state index in [4.69, 9.17) is 4.74 Å². The summed E-state index contributed by atoms with van der Waals surface area (Å²) in [6.45, 7) is 4.88. The maximum atomic E-state index is 12.5. The smallest absolute Gasteiger partial charge is 0.239 e. The van der Waals surface area contributed by atoms with E-state index in [1.165, 1.54) is 19.3 Å². The fraction of sp³-hybridized carbons (Fsp3) is 0.923. The molecule has 0 radical (unpaired) electrons. The minimum absolute atomic E-state index is 0.150. The van der Waals surface area contributed by atoms with E-state index in [1.54, 1.807) is 0 Å². The lowest BCUT2D eigenvalue weighted by atomic mass is 10.1. The number of rotatable bonds is 3. The molecule has 0 unspecified atom stereocenters. The average molecular weight is 238 g/mol. The van der Waals surface area contributed by atoms with Crippen molar-refractivity contribution in [2.24, 2.45) is 0 Å². The summed E-state index contributed by atoms with van der Waals surface area (Å²) in [7, 11) is 0. The molecule has 0 saturated carbocycles. The van der Waals surface area contributed by atoms with Crippen LogP contribution >= 0.6 is 0 Å². The van der Waals surface area contributed by atoms with E-state index in [-0.39, 0.29) is 6.04 Å². The van der Waals surface area contributed by atoms with Crippen molar-refractivity contribution in [2.75, 3.05) is 32.8 Å². The number of piperidine rings is 1. The molecule has 3 aliphatic heterocycles. The van der Waals surface area contributed by atoms with Crippen molar-refractivity contribution in [3.63, 3.8) is 0 Å². The molecule has 96 valence electrons. The average Bonchev–Trinajstić information content (AvgIpc) is 3.06. The normalized spacial score (nSPS) is 34.0. The van der Waals surface area contributed by atoms with Crippen LogP contribution in [0.25, 0.3) is 0 Å². The summed E-state index contributed by atoms with van der Waals surface area (Å²) in [5.41, 5.74) is 0. The summed E-state index contributed by atoms with van der Waals surface area (Å²) in [5.74, 6) is 0.378. The molecule has 1 amide bonds. The van der Waals surface area contributed by atoms with E-state index >= 15 is 0 Å². The van der Waals surface area contributed by atoms with Crippen molar-refractivity contribution in [1.29, 1.82) is 0 Å². The van der Waals surface area contributed by atoms with Gasteiger partial charge in [0.25, 0.3) is 0 Å². The van der Waals surface area contributed by atoms with Gasteiger partial charge in [0.05, 0.1) is 18.8 Å². The van der Waals surface area contributed by atoms with Crippen LogP contribution in [0.15, 0.2) is 0 Å². The SMILES string of the molecule is O=C([C@@H]1CCCN1C[C@@H]1CO1)N1CCCCC1. The third kappa shape index (κ3) is 2.63. The molecule has 0 aromatic rings. The predicted octanol–water partition coefficient (Wildman–Crippen LogP) is 0.862. The number of hydrogen-bond acceptors (Lipinski definition) is 3. The Balaban J connectivity index is 1.58. The molecule has 3 fully saturated rings. The Morgan fingerprint density at radius 2 is 1.88 bits per heavy atom. The summed E-state index contributed by atoms with van der Waals surface area (Å²) >= 11 is 0. The highest BCUT2D eigenvalue weighted by Gasteiger charge is 2.37. The second-order valence-electron chi connectivity index (χ2n) is 5.49. The highest BCUT2D eigenvalue weighted by atomic mass is 16.6. The molecule has 0 aromatic heterocycles. The van der Waals surface area contributed by atoms with Crippen LogP contribution in [0.2, 0.25) is 0 Å². The van der Waals surface area contributed by atoms with Crippen LogP contribution in [0.3, 0.4) is 0 Å². The van der Waals surface area contributed by atoms with Gasteiger partial charge in [-0.05, 0) is 38.6 Å². The molecule has 0 spiro atoms. The monoisotopic (exact) mass is 238 g/mol. The Morgan fingerprint density at radius 1 is 1.12 bits per heavy atom. The molecule has 0 aromatic carbocycles. The summed E-state index contributed by atoms with van der Waals surface area (Å²) in [4.78, 5) is 16.9. The lowest BCUT2D eigenvalue weighted by molar-refractivity contribution is -0.136. The topological polar surface area (TPSA) is 36.1 Å². The highest BCUT2D eigenvalue weighted by molar-refractivity contribution is 5.82. The maximum Gasteiger partial charge on any atom is 0.239 e. The first-order chi connectivity index (χ1) is 8.34. The number of carbonyl (C=O) groups is 1. The van der Waals surface area contributed by atoms with Gasteiger partial charge in [0.15, 0.2) is 0 Å². The van der Waals surface area contributed by atoms with Crippen LogP contribution < -0.4 is 0 Å². The van der Waals surface area contributed by atoms with Crippen molar-refractivity contribution >= 4 is 5.91 Å². The lowest BCUT2D eigenvalue weighted by Gasteiger charge is -2.32. The first-order valence-corrected chi connectivity index (χ1v) is 6.99. The highest BCUT2D eigenvalue weighted by Crippen LogP contribution is 2.23. The first-order valence-electron chi connectivity index (χ1n) is 6.99. The van der Waals surface area contributed by atoms with Crippen molar-refractivity contribution in [2.45, 2.75) is 44.2 Å². The maximum absolute atomic E-state index is 12.5. The largest absolute Gasteiger partial charge is 0.372 e. The van der Waals surface area contributed by atoms with Crippen molar-refractivity contribution < 1.29 is 9.53 Å². The molecule has 2 atom stereocenters. The van der Waals surface area contributed by atoms with Crippen LogP contribution in [0.1, 0.15) is 32.1 Å². The van der Waals surface area contributed by atoms with Crippen LogP contribution in [0.5, 0.6) is 0 Å². The van der Waals surface area contributed by atoms with E-state index in [2.05, 4.69) is 9.80 Å². The van der Waals surface area contributed by atoms with E-state index in [0.29, 0.717) is 12.0 Å². The predicted molar refractivity (Wildman–Crippen MR) is 64.8 cm³/mol. The quantitative estimate of drug-likeness (QED) is 0.684. The Kier molecular flexibility index (Phi) is 3.34. The molecule has 0 N–H and O–H groups in total. The molecule has 3 heterocycles. The minimum Gasteiger partial charge on any atom is -0.372 e. The third-order valence-electron chi connectivity index (χ3n) is 4.16. The van der Waals surface area contributed by atoms with Crippen LogP contribution in [-0.2, 0) is 9.53 Å².